The molecule has 0 aliphatic heterocycles. The van der Waals surface area contributed by atoms with Gasteiger partial charge in [0.1, 0.15) is 0 Å². The van der Waals surface area contributed by atoms with Gasteiger partial charge in [0.25, 0.3) is 5.91 Å². The van der Waals surface area contributed by atoms with Crippen LogP contribution in [0.15, 0.2) is 35.7 Å². The van der Waals surface area contributed by atoms with Gasteiger partial charge in [-0.1, -0.05) is 6.07 Å². The number of amides is 1. The molecule has 0 bridgehead atoms. The average molecular weight is 308 g/mol. The van der Waals surface area contributed by atoms with Crippen LogP contribution in [-0.4, -0.2) is 22.8 Å². The van der Waals surface area contributed by atoms with E-state index in [0.29, 0.717) is 0 Å². The highest BCUT2D eigenvalue weighted by molar-refractivity contribution is 7.10. The summed E-state index contributed by atoms with van der Waals surface area (Å²) in [4.78, 5) is 24.5. The molecule has 5 nitrogen and oxygen atoms in total. The molecule has 2 aromatic rings. The number of nitro benzene ring substituents is 1. The first-order chi connectivity index (χ1) is 9.91. The number of nitro groups is 1. The van der Waals surface area contributed by atoms with Gasteiger partial charge in [-0.05, 0) is 30.5 Å². The van der Waals surface area contributed by atoms with Crippen molar-refractivity contribution in [1.29, 1.82) is 0 Å². The van der Waals surface area contributed by atoms with Crippen molar-refractivity contribution < 1.29 is 14.1 Å². The molecule has 0 spiro atoms. The van der Waals surface area contributed by atoms with E-state index >= 15 is 0 Å². The summed E-state index contributed by atoms with van der Waals surface area (Å²) in [5.74, 6) is -1.40. The van der Waals surface area contributed by atoms with Crippen LogP contribution >= 0.6 is 11.3 Å². The van der Waals surface area contributed by atoms with E-state index in [1.54, 1.807) is 7.05 Å². The number of hydrogen-bond donors (Lipinski definition) is 0. The number of carbonyl (C=O) groups excluding carboxylic acids is 1. The summed E-state index contributed by atoms with van der Waals surface area (Å²) < 4.78 is 13.6. The van der Waals surface area contributed by atoms with E-state index in [-0.39, 0.29) is 17.5 Å². The molecule has 0 aliphatic carbocycles. The second-order valence-corrected chi connectivity index (χ2v) is 5.51. The van der Waals surface area contributed by atoms with Gasteiger partial charge in [0, 0.05) is 23.6 Å². The summed E-state index contributed by atoms with van der Waals surface area (Å²) >= 11 is 1.52. The van der Waals surface area contributed by atoms with Gasteiger partial charge in [-0.3, -0.25) is 14.9 Å². The molecule has 2 rings (SSSR count). The van der Waals surface area contributed by atoms with Crippen molar-refractivity contribution in [3.63, 3.8) is 0 Å². The van der Waals surface area contributed by atoms with Crippen LogP contribution in [-0.2, 0) is 0 Å². The number of thiophene rings is 1. The minimum atomic E-state index is -1.01. The van der Waals surface area contributed by atoms with Crippen LogP contribution in [0.4, 0.5) is 10.1 Å². The molecule has 110 valence electrons. The quantitative estimate of drug-likeness (QED) is 0.640. The van der Waals surface area contributed by atoms with Crippen molar-refractivity contribution >= 4 is 22.9 Å². The van der Waals surface area contributed by atoms with Crippen molar-refractivity contribution in [1.82, 2.24) is 4.90 Å². The first-order valence-corrected chi connectivity index (χ1v) is 7.04. The predicted octanol–water partition coefficient (Wildman–Crippen LogP) is 3.63. The second-order valence-electron chi connectivity index (χ2n) is 4.53. The molecule has 7 heteroatoms. The van der Waals surface area contributed by atoms with Gasteiger partial charge >= 0.3 is 5.69 Å². The number of nitrogens with zero attached hydrogens (tertiary/aromatic N) is 2. The standard InChI is InChI=1S/C14H13FN2O3S/c1-9(13-4-3-7-21-13)16(2)14(18)10-5-6-12(17(19)20)11(15)8-10/h3-9H,1-2H3. The Labute approximate surface area is 124 Å². The maximum atomic E-state index is 13.6. The van der Waals surface area contributed by atoms with E-state index < -0.39 is 16.4 Å². The Morgan fingerprint density at radius 1 is 1.43 bits per heavy atom. The monoisotopic (exact) mass is 308 g/mol. The molecule has 0 N–H and O–H groups in total. The van der Waals surface area contributed by atoms with Crippen LogP contribution in [0.2, 0.25) is 0 Å². The number of halogens is 1. The van der Waals surface area contributed by atoms with Crippen LogP contribution in [0, 0.1) is 15.9 Å². The smallest absolute Gasteiger partial charge is 0.304 e. The lowest BCUT2D eigenvalue weighted by Gasteiger charge is -2.24. The molecule has 0 radical (unpaired) electrons. The zero-order valence-electron chi connectivity index (χ0n) is 11.4. The summed E-state index contributed by atoms with van der Waals surface area (Å²) in [6, 6.07) is 6.82. The van der Waals surface area contributed by atoms with Crippen LogP contribution < -0.4 is 0 Å². The van der Waals surface area contributed by atoms with E-state index in [0.717, 1.165) is 17.0 Å². The van der Waals surface area contributed by atoms with E-state index in [1.165, 1.54) is 22.3 Å². The molecule has 0 fully saturated rings. The van der Waals surface area contributed by atoms with Crippen molar-refractivity contribution in [2.24, 2.45) is 0 Å². The zero-order chi connectivity index (χ0) is 15.6. The Hall–Kier alpha value is -2.28. The summed E-state index contributed by atoms with van der Waals surface area (Å²) in [6.45, 7) is 1.87. The summed E-state index contributed by atoms with van der Waals surface area (Å²) in [5, 5.41) is 12.5. The largest absolute Gasteiger partial charge is 0.334 e. The SMILES string of the molecule is CC(c1cccs1)N(C)C(=O)c1ccc([N+](=O)[O-])c(F)c1. The fourth-order valence-electron chi connectivity index (χ4n) is 1.89. The lowest BCUT2D eigenvalue weighted by molar-refractivity contribution is -0.387. The third-order valence-electron chi connectivity index (χ3n) is 3.25. The lowest BCUT2D eigenvalue weighted by Crippen LogP contribution is -2.29. The van der Waals surface area contributed by atoms with Gasteiger partial charge in [0.2, 0.25) is 5.82 Å². The summed E-state index contributed by atoms with van der Waals surface area (Å²) in [7, 11) is 1.62. The fourth-order valence-corrected chi connectivity index (χ4v) is 2.71. The third-order valence-corrected chi connectivity index (χ3v) is 4.29. The number of hydrogen-bond acceptors (Lipinski definition) is 4. The topological polar surface area (TPSA) is 63.5 Å². The van der Waals surface area contributed by atoms with Crippen LogP contribution in [0.5, 0.6) is 0 Å². The molecule has 0 saturated heterocycles. The van der Waals surface area contributed by atoms with Gasteiger partial charge in [0.15, 0.2) is 0 Å². The molecule has 1 aromatic heterocycles. The van der Waals surface area contributed by atoms with Crippen LogP contribution in [0.1, 0.15) is 28.2 Å². The highest BCUT2D eigenvalue weighted by Crippen LogP contribution is 2.26. The van der Waals surface area contributed by atoms with Crippen molar-refractivity contribution in [2.45, 2.75) is 13.0 Å². The van der Waals surface area contributed by atoms with Crippen molar-refractivity contribution in [3.05, 3.63) is 62.1 Å². The normalized spacial score (nSPS) is 12.0. The lowest BCUT2D eigenvalue weighted by atomic mass is 10.1. The zero-order valence-corrected chi connectivity index (χ0v) is 12.3. The summed E-state index contributed by atoms with van der Waals surface area (Å²) in [5.41, 5.74) is -0.551. The second kappa shape index (κ2) is 6.01. The fraction of sp³-hybridized carbons (Fsp3) is 0.214. The molecule has 0 aliphatic rings. The van der Waals surface area contributed by atoms with Crippen molar-refractivity contribution in [3.8, 4) is 0 Å². The molecule has 1 amide bonds. The van der Waals surface area contributed by atoms with Crippen molar-refractivity contribution in [2.75, 3.05) is 7.05 Å². The van der Waals surface area contributed by atoms with Gasteiger partial charge in [0.05, 0.1) is 11.0 Å². The Balaban J connectivity index is 2.23. The molecule has 0 saturated carbocycles. The van der Waals surface area contributed by atoms with Crippen LogP contribution in [0.25, 0.3) is 0 Å². The minimum absolute atomic E-state index is 0.0870. The maximum absolute atomic E-state index is 13.6. The average Bonchev–Trinajstić information content (AvgIpc) is 2.98. The number of benzene rings is 1. The Kier molecular flexibility index (Phi) is 4.32. The van der Waals surface area contributed by atoms with Crippen LogP contribution in [0.3, 0.4) is 0 Å². The minimum Gasteiger partial charge on any atom is -0.334 e. The number of carbonyl (C=O) groups is 1. The Morgan fingerprint density at radius 3 is 2.67 bits per heavy atom. The predicted molar refractivity (Wildman–Crippen MR) is 77.9 cm³/mol. The van der Waals surface area contributed by atoms with Gasteiger partial charge in [-0.2, -0.15) is 4.39 Å². The van der Waals surface area contributed by atoms with Gasteiger partial charge < -0.3 is 4.90 Å². The molecule has 1 heterocycles. The molecular formula is C14H13FN2O3S. The van der Waals surface area contributed by atoms with E-state index in [4.69, 9.17) is 0 Å². The van der Waals surface area contributed by atoms with E-state index in [1.807, 2.05) is 24.4 Å². The molecule has 1 aromatic carbocycles. The van der Waals surface area contributed by atoms with E-state index in [9.17, 15) is 19.3 Å². The highest BCUT2D eigenvalue weighted by atomic mass is 32.1. The number of rotatable bonds is 4. The first-order valence-electron chi connectivity index (χ1n) is 6.16. The Morgan fingerprint density at radius 2 is 2.14 bits per heavy atom. The maximum Gasteiger partial charge on any atom is 0.304 e. The molecular weight excluding hydrogens is 295 g/mol. The van der Waals surface area contributed by atoms with E-state index in [2.05, 4.69) is 0 Å². The first kappa shape index (κ1) is 15.1. The molecule has 1 atom stereocenters. The highest BCUT2D eigenvalue weighted by Gasteiger charge is 2.22. The summed E-state index contributed by atoms with van der Waals surface area (Å²) in [6.07, 6.45) is 0. The molecule has 21 heavy (non-hydrogen) atoms. The Bertz CT molecular complexity index is 673. The van der Waals surface area contributed by atoms with Gasteiger partial charge in [-0.25, -0.2) is 0 Å². The molecule has 1 unspecified atom stereocenters. The third kappa shape index (κ3) is 3.08. The van der Waals surface area contributed by atoms with Gasteiger partial charge in [-0.15, -0.1) is 11.3 Å².